The second-order valence-electron chi connectivity index (χ2n) is 5.31. The topological polar surface area (TPSA) is 29.1 Å². The third-order valence-electron chi connectivity index (χ3n) is 3.86. The molecule has 2 aromatic rings. The Bertz CT molecular complexity index is 686. The van der Waals surface area contributed by atoms with Crippen LogP contribution >= 0.6 is 15.9 Å². The van der Waals surface area contributed by atoms with Crippen LogP contribution in [0.2, 0.25) is 0 Å². The van der Waals surface area contributed by atoms with Crippen LogP contribution in [0.3, 0.4) is 0 Å². The van der Waals surface area contributed by atoms with E-state index in [4.69, 9.17) is 0 Å². The van der Waals surface area contributed by atoms with Crippen molar-refractivity contribution in [2.24, 2.45) is 0 Å². The van der Waals surface area contributed by atoms with E-state index >= 15 is 0 Å². The van der Waals surface area contributed by atoms with Gasteiger partial charge >= 0.3 is 0 Å². The summed E-state index contributed by atoms with van der Waals surface area (Å²) in [6.45, 7) is 0. The molecule has 1 N–H and O–H groups in total. The molecule has 0 saturated carbocycles. The van der Waals surface area contributed by atoms with Gasteiger partial charge in [-0.1, -0.05) is 40.2 Å². The molecular formula is C17H15BrFNO. The fraction of sp³-hybridized carbons (Fsp3) is 0.235. The number of rotatable bonds is 2. The molecule has 0 fully saturated rings. The molecule has 0 saturated heterocycles. The summed E-state index contributed by atoms with van der Waals surface area (Å²) < 4.78 is 14.4. The van der Waals surface area contributed by atoms with Crippen LogP contribution in [0.1, 0.15) is 27.9 Å². The van der Waals surface area contributed by atoms with Gasteiger partial charge in [0, 0.05) is 10.5 Å². The number of carbonyl (C=O) groups is 1. The molecule has 0 spiro atoms. The summed E-state index contributed by atoms with van der Waals surface area (Å²) in [6, 6.07) is 12.7. The van der Waals surface area contributed by atoms with Gasteiger partial charge in [-0.15, -0.1) is 0 Å². The quantitative estimate of drug-likeness (QED) is 0.877. The molecule has 4 heteroatoms. The van der Waals surface area contributed by atoms with Crippen molar-refractivity contribution in [3.05, 3.63) is 69.4 Å². The van der Waals surface area contributed by atoms with Gasteiger partial charge in [0.15, 0.2) is 0 Å². The fourth-order valence-corrected chi connectivity index (χ4v) is 3.12. The minimum absolute atomic E-state index is 0.0609. The number of hydrogen-bond acceptors (Lipinski definition) is 1. The maximum atomic E-state index is 13.7. The van der Waals surface area contributed by atoms with Crippen LogP contribution in [0.5, 0.6) is 0 Å². The third-order valence-corrected chi connectivity index (χ3v) is 4.35. The number of nitrogens with one attached hydrogen (secondary N) is 1. The Kier molecular flexibility index (Phi) is 4.06. The molecule has 2 aromatic carbocycles. The molecular weight excluding hydrogens is 333 g/mol. The SMILES string of the molecule is O=C(NC1CCc2ccccc2C1)c1cc(Br)ccc1F. The Morgan fingerprint density at radius 3 is 2.76 bits per heavy atom. The number of fused-ring (bicyclic) bond motifs is 1. The minimum Gasteiger partial charge on any atom is -0.349 e. The average molecular weight is 348 g/mol. The van der Waals surface area contributed by atoms with Gasteiger partial charge in [0.2, 0.25) is 0 Å². The van der Waals surface area contributed by atoms with E-state index in [2.05, 4.69) is 33.4 Å². The van der Waals surface area contributed by atoms with Gasteiger partial charge < -0.3 is 5.32 Å². The molecule has 0 heterocycles. The zero-order valence-corrected chi connectivity index (χ0v) is 13.0. The number of carbonyl (C=O) groups excluding carboxylic acids is 1. The number of halogens is 2. The van der Waals surface area contributed by atoms with E-state index in [1.54, 1.807) is 6.07 Å². The Morgan fingerprint density at radius 1 is 1.19 bits per heavy atom. The first kappa shape index (κ1) is 14.3. The highest BCUT2D eigenvalue weighted by molar-refractivity contribution is 9.10. The first-order chi connectivity index (χ1) is 10.1. The fourth-order valence-electron chi connectivity index (χ4n) is 2.76. The van der Waals surface area contributed by atoms with Gasteiger partial charge in [-0.3, -0.25) is 4.79 Å². The minimum atomic E-state index is -0.494. The molecule has 0 aliphatic heterocycles. The van der Waals surface area contributed by atoms with Crippen LogP contribution in [0, 0.1) is 5.82 Å². The lowest BCUT2D eigenvalue weighted by Crippen LogP contribution is -2.39. The molecule has 3 rings (SSSR count). The van der Waals surface area contributed by atoms with Gasteiger partial charge in [0.1, 0.15) is 5.82 Å². The second kappa shape index (κ2) is 5.98. The van der Waals surface area contributed by atoms with Gasteiger partial charge in [-0.2, -0.15) is 0 Å². The molecule has 0 aromatic heterocycles. The van der Waals surface area contributed by atoms with Gasteiger partial charge in [0.05, 0.1) is 5.56 Å². The first-order valence-electron chi connectivity index (χ1n) is 6.96. The van der Waals surface area contributed by atoms with Crippen molar-refractivity contribution < 1.29 is 9.18 Å². The van der Waals surface area contributed by atoms with Crippen molar-refractivity contribution >= 4 is 21.8 Å². The highest BCUT2D eigenvalue weighted by Gasteiger charge is 2.21. The summed E-state index contributed by atoms with van der Waals surface area (Å²) in [7, 11) is 0. The number of hydrogen-bond donors (Lipinski definition) is 1. The summed E-state index contributed by atoms with van der Waals surface area (Å²) in [5, 5.41) is 2.94. The second-order valence-corrected chi connectivity index (χ2v) is 6.22. The predicted octanol–water partition coefficient (Wildman–Crippen LogP) is 3.88. The van der Waals surface area contributed by atoms with Crippen molar-refractivity contribution in [2.45, 2.75) is 25.3 Å². The number of amides is 1. The molecule has 1 amide bonds. The van der Waals surface area contributed by atoms with Crippen molar-refractivity contribution in [2.75, 3.05) is 0 Å². The summed E-state index contributed by atoms with van der Waals surface area (Å²) in [6.07, 6.45) is 2.64. The summed E-state index contributed by atoms with van der Waals surface area (Å²) in [5.74, 6) is -0.843. The van der Waals surface area contributed by atoms with E-state index in [-0.39, 0.29) is 17.5 Å². The molecule has 1 aliphatic carbocycles. The zero-order valence-electron chi connectivity index (χ0n) is 11.4. The number of benzene rings is 2. The summed E-state index contributed by atoms with van der Waals surface area (Å²) >= 11 is 3.26. The maximum Gasteiger partial charge on any atom is 0.254 e. The molecule has 0 radical (unpaired) electrons. The highest BCUT2D eigenvalue weighted by atomic mass is 79.9. The Morgan fingerprint density at radius 2 is 1.95 bits per heavy atom. The van der Waals surface area contributed by atoms with E-state index in [1.807, 2.05) is 12.1 Å². The predicted molar refractivity (Wildman–Crippen MR) is 83.8 cm³/mol. The summed E-state index contributed by atoms with van der Waals surface area (Å²) in [4.78, 5) is 12.2. The van der Waals surface area contributed by atoms with E-state index < -0.39 is 5.82 Å². The lowest BCUT2D eigenvalue weighted by atomic mass is 9.88. The molecule has 108 valence electrons. The Balaban J connectivity index is 1.73. The smallest absolute Gasteiger partial charge is 0.254 e. The monoisotopic (exact) mass is 347 g/mol. The molecule has 1 aliphatic rings. The molecule has 2 nitrogen and oxygen atoms in total. The lowest BCUT2D eigenvalue weighted by molar-refractivity contribution is 0.0929. The van der Waals surface area contributed by atoms with Gasteiger partial charge in [0.25, 0.3) is 5.91 Å². The van der Waals surface area contributed by atoms with E-state index in [9.17, 15) is 9.18 Å². The van der Waals surface area contributed by atoms with Crippen LogP contribution in [0.4, 0.5) is 4.39 Å². The van der Waals surface area contributed by atoms with Crippen LogP contribution < -0.4 is 5.32 Å². The van der Waals surface area contributed by atoms with E-state index in [0.717, 1.165) is 19.3 Å². The van der Waals surface area contributed by atoms with Crippen LogP contribution in [0.15, 0.2) is 46.9 Å². The average Bonchev–Trinajstić information content (AvgIpc) is 2.49. The molecule has 21 heavy (non-hydrogen) atoms. The molecule has 1 unspecified atom stereocenters. The van der Waals surface area contributed by atoms with Crippen LogP contribution in [-0.2, 0) is 12.8 Å². The molecule has 1 atom stereocenters. The normalized spacial score (nSPS) is 17.1. The zero-order chi connectivity index (χ0) is 14.8. The van der Waals surface area contributed by atoms with Crippen molar-refractivity contribution in [1.29, 1.82) is 0 Å². The van der Waals surface area contributed by atoms with Gasteiger partial charge in [-0.05, 0) is 48.6 Å². The van der Waals surface area contributed by atoms with Gasteiger partial charge in [-0.25, -0.2) is 4.39 Å². The number of aryl methyl sites for hydroxylation is 1. The Labute approximate surface area is 131 Å². The third kappa shape index (κ3) is 3.16. The van der Waals surface area contributed by atoms with Crippen molar-refractivity contribution in [3.8, 4) is 0 Å². The van der Waals surface area contributed by atoms with E-state index in [0.29, 0.717) is 4.47 Å². The lowest BCUT2D eigenvalue weighted by Gasteiger charge is -2.25. The highest BCUT2D eigenvalue weighted by Crippen LogP contribution is 2.22. The van der Waals surface area contributed by atoms with E-state index in [1.165, 1.54) is 23.3 Å². The van der Waals surface area contributed by atoms with Crippen molar-refractivity contribution in [3.63, 3.8) is 0 Å². The Hall–Kier alpha value is -1.68. The van der Waals surface area contributed by atoms with Crippen molar-refractivity contribution in [1.82, 2.24) is 5.32 Å². The largest absolute Gasteiger partial charge is 0.349 e. The first-order valence-corrected chi connectivity index (χ1v) is 7.75. The summed E-state index contributed by atoms with van der Waals surface area (Å²) in [5.41, 5.74) is 2.70. The van der Waals surface area contributed by atoms with Crippen LogP contribution in [-0.4, -0.2) is 11.9 Å². The maximum absolute atomic E-state index is 13.7. The standard InChI is InChI=1S/C17H15BrFNO/c18-13-6-8-16(19)15(10-13)17(21)20-14-7-5-11-3-1-2-4-12(11)9-14/h1-4,6,8,10,14H,5,7,9H2,(H,20,21). The molecule has 0 bridgehead atoms. The van der Waals surface area contributed by atoms with Crippen LogP contribution in [0.25, 0.3) is 0 Å².